The van der Waals surface area contributed by atoms with Crippen molar-refractivity contribution in [2.75, 3.05) is 31.3 Å². The van der Waals surface area contributed by atoms with Gasteiger partial charge in [0, 0.05) is 19.2 Å². The van der Waals surface area contributed by atoms with Gasteiger partial charge in [-0.15, -0.1) is 5.10 Å². The van der Waals surface area contributed by atoms with Crippen LogP contribution in [0.1, 0.15) is 11.1 Å². The Morgan fingerprint density at radius 1 is 1.09 bits per heavy atom. The number of ether oxygens (including phenoxy) is 1. The van der Waals surface area contributed by atoms with Gasteiger partial charge in [0.25, 0.3) is 0 Å². The van der Waals surface area contributed by atoms with Crippen molar-refractivity contribution >= 4 is 22.8 Å². The van der Waals surface area contributed by atoms with Gasteiger partial charge in [-0.2, -0.15) is 18.2 Å². The number of methoxy groups -OCH3 is 1. The lowest BCUT2D eigenvalue weighted by Gasteiger charge is -2.09. The number of nitrogen functional groups attached to an aromatic ring is 1. The normalized spacial score (nSPS) is 11.8. The zero-order chi connectivity index (χ0) is 22.9. The summed E-state index contributed by atoms with van der Waals surface area (Å²) in [7, 11) is 1.59. The average Bonchev–Trinajstić information content (AvgIpc) is 3.09. The van der Waals surface area contributed by atoms with E-state index in [4.69, 9.17) is 10.5 Å². The van der Waals surface area contributed by atoms with Gasteiger partial charge in [-0.05, 0) is 37.3 Å². The number of hydrogen-bond acceptors (Lipinski definition) is 6. The van der Waals surface area contributed by atoms with Crippen LogP contribution in [-0.4, -0.2) is 40.0 Å². The van der Waals surface area contributed by atoms with Crippen LogP contribution in [-0.2, 0) is 10.9 Å². The summed E-state index contributed by atoms with van der Waals surface area (Å²) in [4.78, 5) is 9.09. The molecule has 4 aromatic rings. The summed E-state index contributed by atoms with van der Waals surface area (Å²) in [5.41, 5.74) is 8.81. The number of nitrogens with zero attached hydrogens (tertiary/aromatic N) is 4. The highest BCUT2D eigenvalue weighted by molar-refractivity contribution is 5.99. The number of halogens is 3. The Bertz CT molecular complexity index is 1250. The number of alkyl halides is 3. The van der Waals surface area contributed by atoms with Crippen LogP contribution in [0.15, 0.2) is 48.5 Å². The van der Waals surface area contributed by atoms with E-state index < -0.39 is 11.7 Å². The summed E-state index contributed by atoms with van der Waals surface area (Å²) in [5.74, 6) is 0.586. The minimum atomic E-state index is -4.43. The number of nitrogens with one attached hydrogen (secondary N) is 1. The van der Waals surface area contributed by atoms with Crippen molar-refractivity contribution in [3.05, 3.63) is 59.7 Å². The first-order valence-corrected chi connectivity index (χ1v) is 9.81. The lowest BCUT2D eigenvalue weighted by molar-refractivity contribution is -0.137. The van der Waals surface area contributed by atoms with Gasteiger partial charge in [0.2, 0.25) is 5.95 Å². The van der Waals surface area contributed by atoms with Gasteiger partial charge in [0.1, 0.15) is 5.82 Å². The lowest BCUT2D eigenvalue weighted by atomic mass is 10.1. The van der Waals surface area contributed by atoms with Crippen LogP contribution < -0.4 is 11.1 Å². The topological polar surface area (TPSA) is 90.9 Å². The zero-order valence-corrected chi connectivity index (χ0v) is 17.4. The highest BCUT2D eigenvalue weighted by atomic mass is 19.4. The van der Waals surface area contributed by atoms with Crippen molar-refractivity contribution in [1.82, 2.24) is 19.7 Å². The van der Waals surface area contributed by atoms with E-state index >= 15 is 0 Å². The molecular formula is C22H21F3N6O. The number of fused-ring (bicyclic) bond motifs is 1. The molecule has 0 spiro atoms. The van der Waals surface area contributed by atoms with Crippen molar-refractivity contribution in [3.63, 3.8) is 0 Å². The van der Waals surface area contributed by atoms with Gasteiger partial charge in [0.05, 0.1) is 28.9 Å². The maximum Gasteiger partial charge on any atom is 0.416 e. The van der Waals surface area contributed by atoms with Crippen LogP contribution in [0.4, 0.5) is 24.9 Å². The molecule has 0 fully saturated rings. The Labute approximate surface area is 182 Å². The molecule has 0 aliphatic rings. The first kappa shape index (κ1) is 21.6. The zero-order valence-electron chi connectivity index (χ0n) is 17.4. The van der Waals surface area contributed by atoms with E-state index in [0.29, 0.717) is 41.5 Å². The fourth-order valence-corrected chi connectivity index (χ4v) is 3.35. The number of anilines is 2. The fourth-order valence-electron chi connectivity index (χ4n) is 3.35. The molecule has 0 aliphatic heterocycles. The van der Waals surface area contributed by atoms with E-state index in [-0.39, 0.29) is 5.82 Å². The van der Waals surface area contributed by atoms with E-state index in [1.165, 1.54) is 16.8 Å². The maximum absolute atomic E-state index is 12.9. The number of aromatic nitrogens is 4. The Morgan fingerprint density at radius 3 is 2.50 bits per heavy atom. The van der Waals surface area contributed by atoms with E-state index in [1.54, 1.807) is 7.11 Å². The molecule has 0 aliphatic carbocycles. The molecule has 10 heteroatoms. The Balaban J connectivity index is 1.86. The number of benzene rings is 2. The summed E-state index contributed by atoms with van der Waals surface area (Å²) in [6.45, 7) is 2.92. The standard InChI is InChI=1S/C22H21F3N6O/c1-13-4-3-5-14(12-13)18-17-19(26)31(16-8-6-15(7-9-16)22(23,24)25)30-20(17)29-21(28-18)27-10-11-32-2/h3-9,12H,10-11,26H2,1-2H3,(H,27,29,30). The molecule has 0 atom stereocenters. The van der Waals surface area contributed by atoms with Crippen molar-refractivity contribution in [2.24, 2.45) is 0 Å². The van der Waals surface area contributed by atoms with Gasteiger partial charge < -0.3 is 15.8 Å². The summed E-state index contributed by atoms with van der Waals surface area (Å²) in [5, 5.41) is 8.07. The third-order valence-corrected chi connectivity index (χ3v) is 4.89. The highest BCUT2D eigenvalue weighted by Crippen LogP contribution is 2.34. The SMILES string of the molecule is COCCNc1nc(-c2cccc(C)c2)c2c(N)n(-c3ccc(C(F)(F)F)cc3)nc2n1. The molecule has 0 radical (unpaired) electrons. The number of aryl methyl sites for hydroxylation is 1. The number of rotatable bonds is 6. The molecule has 7 nitrogen and oxygen atoms in total. The van der Waals surface area contributed by atoms with Gasteiger partial charge in [-0.3, -0.25) is 0 Å². The summed E-state index contributed by atoms with van der Waals surface area (Å²) < 4.78 is 45.2. The predicted molar refractivity (Wildman–Crippen MR) is 117 cm³/mol. The quantitative estimate of drug-likeness (QED) is 0.429. The predicted octanol–water partition coefficient (Wildman–Crippen LogP) is 4.45. The minimum absolute atomic E-state index is 0.236. The average molecular weight is 442 g/mol. The molecular weight excluding hydrogens is 421 g/mol. The Hall–Kier alpha value is -3.66. The second-order valence-corrected chi connectivity index (χ2v) is 7.23. The van der Waals surface area contributed by atoms with Gasteiger partial charge in [0.15, 0.2) is 5.65 Å². The smallest absolute Gasteiger partial charge is 0.383 e. The van der Waals surface area contributed by atoms with Crippen LogP contribution in [0.25, 0.3) is 28.0 Å². The van der Waals surface area contributed by atoms with E-state index in [2.05, 4.69) is 20.4 Å². The third-order valence-electron chi connectivity index (χ3n) is 4.89. The van der Waals surface area contributed by atoms with Gasteiger partial charge in [-0.1, -0.05) is 23.8 Å². The van der Waals surface area contributed by atoms with Gasteiger partial charge in [-0.25, -0.2) is 9.67 Å². The van der Waals surface area contributed by atoms with Crippen LogP contribution in [0.5, 0.6) is 0 Å². The van der Waals surface area contributed by atoms with Crippen LogP contribution in [0, 0.1) is 6.92 Å². The van der Waals surface area contributed by atoms with Crippen LogP contribution >= 0.6 is 0 Å². The molecule has 0 saturated heterocycles. The second kappa shape index (κ2) is 8.46. The first-order valence-electron chi connectivity index (χ1n) is 9.81. The largest absolute Gasteiger partial charge is 0.416 e. The molecule has 2 aromatic heterocycles. The van der Waals surface area contributed by atoms with Crippen molar-refractivity contribution < 1.29 is 17.9 Å². The van der Waals surface area contributed by atoms with E-state index in [0.717, 1.165) is 23.3 Å². The monoisotopic (exact) mass is 442 g/mol. The molecule has 0 unspecified atom stereocenters. The Morgan fingerprint density at radius 2 is 1.84 bits per heavy atom. The number of hydrogen-bond donors (Lipinski definition) is 2. The molecule has 32 heavy (non-hydrogen) atoms. The number of nitrogens with two attached hydrogens (primary N) is 1. The van der Waals surface area contributed by atoms with Crippen LogP contribution in [0.3, 0.4) is 0 Å². The van der Waals surface area contributed by atoms with Crippen molar-refractivity contribution in [1.29, 1.82) is 0 Å². The molecule has 0 amide bonds. The molecule has 2 aromatic carbocycles. The van der Waals surface area contributed by atoms with E-state index in [1.807, 2.05) is 31.2 Å². The first-order chi connectivity index (χ1) is 15.3. The van der Waals surface area contributed by atoms with Crippen molar-refractivity contribution in [3.8, 4) is 16.9 Å². The van der Waals surface area contributed by atoms with E-state index in [9.17, 15) is 13.2 Å². The summed E-state index contributed by atoms with van der Waals surface area (Å²) in [6, 6.07) is 12.4. The molecule has 0 bridgehead atoms. The minimum Gasteiger partial charge on any atom is -0.383 e. The Kier molecular flexibility index (Phi) is 5.70. The van der Waals surface area contributed by atoms with Crippen molar-refractivity contribution in [2.45, 2.75) is 13.1 Å². The summed E-state index contributed by atoms with van der Waals surface area (Å²) >= 11 is 0. The molecule has 4 rings (SSSR count). The second-order valence-electron chi connectivity index (χ2n) is 7.23. The van der Waals surface area contributed by atoms with Gasteiger partial charge >= 0.3 is 6.18 Å². The maximum atomic E-state index is 12.9. The molecule has 0 saturated carbocycles. The molecule has 3 N–H and O–H groups in total. The highest BCUT2D eigenvalue weighted by Gasteiger charge is 2.30. The third kappa shape index (κ3) is 4.22. The summed E-state index contributed by atoms with van der Waals surface area (Å²) in [6.07, 6.45) is -4.43. The lowest BCUT2D eigenvalue weighted by Crippen LogP contribution is -2.10. The molecule has 2 heterocycles. The fraction of sp³-hybridized carbons (Fsp3) is 0.227. The van der Waals surface area contributed by atoms with Crippen LogP contribution in [0.2, 0.25) is 0 Å². The molecule has 166 valence electrons.